The van der Waals surface area contributed by atoms with Crippen molar-refractivity contribution in [1.29, 1.82) is 0 Å². The number of carbonyl (C=O) groups is 1. The molecule has 5 nitrogen and oxygen atoms in total. The zero-order valence-corrected chi connectivity index (χ0v) is 12.5. The lowest BCUT2D eigenvalue weighted by Crippen LogP contribution is -2.44. The van der Waals surface area contributed by atoms with Crippen molar-refractivity contribution in [2.24, 2.45) is 0 Å². The summed E-state index contributed by atoms with van der Waals surface area (Å²) in [7, 11) is 0. The van der Waals surface area contributed by atoms with E-state index in [1.165, 1.54) is 6.07 Å². The summed E-state index contributed by atoms with van der Waals surface area (Å²) in [6, 6.07) is 4.74. The van der Waals surface area contributed by atoms with Crippen molar-refractivity contribution in [2.45, 2.75) is 18.9 Å². The van der Waals surface area contributed by atoms with Crippen LogP contribution in [0, 0.1) is 5.82 Å². The molecule has 1 atom stereocenters. The second-order valence-electron chi connectivity index (χ2n) is 5.73. The highest BCUT2D eigenvalue weighted by Gasteiger charge is 2.24. The van der Waals surface area contributed by atoms with Gasteiger partial charge in [0, 0.05) is 37.6 Å². The van der Waals surface area contributed by atoms with E-state index in [-0.39, 0.29) is 17.8 Å². The summed E-state index contributed by atoms with van der Waals surface area (Å²) < 4.78 is 14.3. The molecular weight excluding hydrogens is 283 g/mol. The van der Waals surface area contributed by atoms with Gasteiger partial charge in [-0.25, -0.2) is 4.39 Å². The van der Waals surface area contributed by atoms with Crippen molar-refractivity contribution >= 4 is 17.3 Å². The normalized spacial score (nSPS) is 22.4. The molecule has 2 fully saturated rings. The lowest BCUT2D eigenvalue weighted by Gasteiger charge is -2.30. The average molecular weight is 304 g/mol. The van der Waals surface area contributed by atoms with Crippen LogP contribution in [-0.2, 0) is 4.79 Å². The number of allylic oxidation sites excluding steroid dienone is 1. The minimum atomic E-state index is -0.338. The number of halogens is 1. The molecule has 118 valence electrons. The fourth-order valence-corrected chi connectivity index (χ4v) is 2.87. The molecule has 3 rings (SSSR count). The van der Waals surface area contributed by atoms with Crippen molar-refractivity contribution in [2.75, 3.05) is 36.4 Å². The van der Waals surface area contributed by atoms with Crippen LogP contribution in [0.1, 0.15) is 12.8 Å². The van der Waals surface area contributed by atoms with Gasteiger partial charge in [-0.15, -0.1) is 0 Å². The Balaban J connectivity index is 1.69. The zero-order valence-electron chi connectivity index (χ0n) is 12.5. The van der Waals surface area contributed by atoms with E-state index in [0.717, 1.165) is 38.3 Å². The molecule has 2 heterocycles. The Kier molecular flexibility index (Phi) is 4.29. The quantitative estimate of drug-likeness (QED) is 0.791. The molecule has 6 heteroatoms. The van der Waals surface area contributed by atoms with Crippen molar-refractivity contribution in [3.63, 3.8) is 0 Å². The summed E-state index contributed by atoms with van der Waals surface area (Å²) in [5, 5.41) is 9.07. The number of hydrogen-bond acceptors (Lipinski definition) is 4. The van der Waals surface area contributed by atoms with E-state index in [2.05, 4.69) is 22.5 Å². The summed E-state index contributed by atoms with van der Waals surface area (Å²) >= 11 is 0. The number of benzene rings is 1. The first-order valence-electron chi connectivity index (χ1n) is 7.64. The Bertz CT molecular complexity index is 584. The zero-order chi connectivity index (χ0) is 15.5. The van der Waals surface area contributed by atoms with Gasteiger partial charge in [0.25, 0.3) is 0 Å². The lowest BCUT2D eigenvalue weighted by molar-refractivity contribution is -0.122. The van der Waals surface area contributed by atoms with Crippen LogP contribution in [0.5, 0.6) is 0 Å². The Hall–Kier alpha value is -2.08. The van der Waals surface area contributed by atoms with Crippen LogP contribution >= 0.6 is 0 Å². The fraction of sp³-hybridized carbons (Fsp3) is 0.438. The summed E-state index contributed by atoms with van der Waals surface area (Å²) in [6.07, 6.45) is 1.41. The second kappa shape index (κ2) is 6.36. The Morgan fingerprint density at radius 1 is 1.32 bits per heavy atom. The molecule has 0 spiro atoms. The largest absolute Gasteiger partial charge is 0.374 e. The molecule has 2 aliphatic heterocycles. The maximum absolute atomic E-state index is 14.3. The second-order valence-corrected chi connectivity index (χ2v) is 5.73. The Labute approximate surface area is 129 Å². The van der Waals surface area contributed by atoms with E-state index in [9.17, 15) is 9.18 Å². The molecule has 3 N–H and O–H groups in total. The van der Waals surface area contributed by atoms with Gasteiger partial charge in [0.05, 0.1) is 5.69 Å². The summed E-state index contributed by atoms with van der Waals surface area (Å²) in [5.41, 5.74) is 1.99. The van der Waals surface area contributed by atoms with Crippen molar-refractivity contribution in [3.8, 4) is 0 Å². The van der Waals surface area contributed by atoms with Gasteiger partial charge in [0.1, 0.15) is 11.9 Å². The number of hydrogen-bond donors (Lipinski definition) is 3. The van der Waals surface area contributed by atoms with Gasteiger partial charge >= 0.3 is 0 Å². The van der Waals surface area contributed by atoms with Crippen molar-refractivity contribution in [3.05, 3.63) is 36.3 Å². The highest BCUT2D eigenvalue weighted by atomic mass is 19.1. The van der Waals surface area contributed by atoms with Crippen LogP contribution in [-0.4, -0.2) is 38.1 Å². The van der Waals surface area contributed by atoms with E-state index >= 15 is 0 Å². The van der Waals surface area contributed by atoms with Crippen LogP contribution in [0.3, 0.4) is 0 Å². The molecule has 1 aromatic carbocycles. The fourth-order valence-electron chi connectivity index (χ4n) is 2.87. The molecule has 0 aromatic heterocycles. The van der Waals surface area contributed by atoms with Crippen molar-refractivity contribution in [1.82, 2.24) is 10.6 Å². The molecule has 1 aromatic rings. The molecule has 1 amide bonds. The minimum absolute atomic E-state index is 0.108. The summed E-state index contributed by atoms with van der Waals surface area (Å²) in [5.74, 6) is -0.365. The van der Waals surface area contributed by atoms with Crippen LogP contribution in [0.15, 0.2) is 30.5 Å². The molecule has 2 saturated heterocycles. The highest BCUT2D eigenvalue weighted by molar-refractivity contribution is 5.87. The first-order valence-corrected chi connectivity index (χ1v) is 7.64. The van der Waals surface area contributed by atoms with Gasteiger partial charge in [-0.1, -0.05) is 6.58 Å². The molecule has 0 bridgehead atoms. The number of piperazine rings is 1. The molecule has 22 heavy (non-hydrogen) atoms. The van der Waals surface area contributed by atoms with E-state index in [4.69, 9.17) is 0 Å². The molecule has 0 saturated carbocycles. The molecule has 0 radical (unpaired) electrons. The maximum Gasteiger partial charge on any atom is 0.246 e. The van der Waals surface area contributed by atoms with Crippen LogP contribution in [0.4, 0.5) is 15.8 Å². The third-order valence-corrected chi connectivity index (χ3v) is 4.10. The smallest absolute Gasteiger partial charge is 0.246 e. The van der Waals surface area contributed by atoms with Gasteiger partial charge in [-0.05, 0) is 31.0 Å². The van der Waals surface area contributed by atoms with E-state index in [0.29, 0.717) is 17.8 Å². The predicted octanol–water partition coefficient (Wildman–Crippen LogP) is 1.44. The number of anilines is 2. The molecular formula is C16H21FN4O. The molecule has 1 unspecified atom stereocenters. The minimum Gasteiger partial charge on any atom is -0.374 e. The van der Waals surface area contributed by atoms with Gasteiger partial charge in [-0.2, -0.15) is 0 Å². The van der Waals surface area contributed by atoms with Crippen LogP contribution in [0.25, 0.3) is 0 Å². The van der Waals surface area contributed by atoms with Gasteiger partial charge in [0.2, 0.25) is 5.91 Å². The first kappa shape index (κ1) is 14.8. The monoisotopic (exact) mass is 304 g/mol. The standard InChI is InChI=1S/C16H21FN4O/c1-11-2-4-14(16(22)19-11)20-12-3-5-15(13(17)10-12)21-8-6-18-7-9-21/h3,5,10,14,18,20H,1-2,4,6-9H2,(H,19,22). The van der Waals surface area contributed by atoms with E-state index in [1.54, 1.807) is 6.07 Å². The van der Waals surface area contributed by atoms with E-state index in [1.807, 2.05) is 11.0 Å². The van der Waals surface area contributed by atoms with Crippen LogP contribution < -0.4 is 20.9 Å². The molecule has 0 aliphatic carbocycles. The van der Waals surface area contributed by atoms with Crippen LogP contribution in [0.2, 0.25) is 0 Å². The summed E-state index contributed by atoms with van der Waals surface area (Å²) in [6.45, 7) is 7.09. The van der Waals surface area contributed by atoms with Crippen molar-refractivity contribution < 1.29 is 9.18 Å². The topological polar surface area (TPSA) is 56.4 Å². The number of nitrogens with one attached hydrogen (secondary N) is 3. The van der Waals surface area contributed by atoms with E-state index < -0.39 is 0 Å². The van der Waals surface area contributed by atoms with Gasteiger partial charge < -0.3 is 20.9 Å². The van der Waals surface area contributed by atoms with Gasteiger partial charge in [-0.3, -0.25) is 4.79 Å². The SMILES string of the molecule is C=C1CCC(Nc2ccc(N3CCNCC3)c(F)c2)C(=O)N1. The number of piperidine rings is 1. The lowest BCUT2D eigenvalue weighted by atomic mass is 10.0. The number of carbonyl (C=O) groups excluding carboxylic acids is 1. The summed E-state index contributed by atoms with van der Waals surface area (Å²) in [4.78, 5) is 13.9. The molecule has 2 aliphatic rings. The maximum atomic E-state index is 14.3. The third-order valence-electron chi connectivity index (χ3n) is 4.10. The Morgan fingerprint density at radius 2 is 2.09 bits per heavy atom. The van der Waals surface area contributed by atoms with Gasteiger partial charge in [0.15, 0.2) is 0 Å². The number of rotatable bonds is 3. The first-order chi connectivity index (χ1) is 10.6. The third kappa shape index (κ3) is 3.22. The Morgan fingerprint density at radius 3 is 2.77 bits per heavy atom. The predicted molar refractivity (Wildman–Crippen MR) is 85.4 cm³/mol. The number of nitrogens with zero attached hydrogens (tertiary/aromatic N) is 1. The number of amides is 1. The highest BCUT2D eigenvalue weighted by Crippen LogP contribution is 2.24. The average Bonchev–Trinajstić information content (AvgIpc) is 2.51.